The SMILES string of the molecule is Cc1nn2c(-c3ccc(Br)cc3)nnc2s1. The average Bonchev–Trinajstić information content (AvgIpc) is 2.78. The molecule has 0 aliphatic carbocycles. The van der Waals surface area contributed by atoms with Gasteiger partial charge in [-0.05, 0) is 19.1 Å². The first-order valence-electron chi connectivity index (χ1n) is 4.69. The summed E-state index contributed by atoms with van der Waals surface area (Å²) in [5, 5.41) is 13.6. The van der Waals surface area contributed by atoms with Crippen molar-refractivity contribution in [2.45, 2.75) is 6.92 Å². The van der Waals surface area contributed by atoms with Gasteiger partial charge in [-0.15, -0.1) is 10.2 Å². The van der Waals surface area contributed by atoms with E-state index >= 15 is 0 Å². The number of rotatable bonds is 1. The van der Waals surface area contributed by atoms with E-state index in [0.29, 0.717) is 0 Å². The number of aryl methyl sites for hydroxylation is 1. The van der Waals surface area contributed by atoms with Gasteiger partial charge in [-0.2, -0.15) is 9.61 Å². The van der Waals surface area contributed by atoms with Crippen LogP contribution in [0, 0.1) is 6.92 Å². The summed E-state index contributed by atoms with van der Waals surface area (Å²) in [5.41, 5.74) is 1.01. The third-order valence-corrected chi connectivity index (χ3v) is 3.54. The Morgan fingerprint density at radius 3 is 2.69 bits per heavy atom. The van der Waals surface area contributed by atoms with Crippen molar-refractivity contribution in [1.29, 1.82) is 0 Å². The van der Waals surface area contributed by atoms with Crippen LogP contribution in [0.15, 0.2) is 28.7 Å². The van der Waals surface area contributed by atoms with Gasteiger partial charge in [-0.25, -0.2) is 0 Å². The molecule has 0 unspecified atom stereocenters. The zero-order valence-electron chi connectivity index (χ0n) is 8.38. The molecular formula is C10H7BrN4S. The Labute approximate surface area is 104 Å². The molecule has 0 N–H and O–H groups in total. The molecule has 6 heteroatoms. The van der Waals surface area contributed by atoms with Crippen LogP contribution in [0.5, 0.6) is 0 Å². The fraction of sp³-hybridized carbons (Fsp3) is 0.100. The van der Waals surface area contributed by atoms with Gasteiger partial charge in [-0.1, -0.05) is 39.4 Å². The van der Waals surface area contributed by atoms with Crippen molar-refractivity contribution in [3.05, 3.63) is 33.7 Å². The minimum absolute atomic E-state index is 0.784. The van der Waals surface area contributed by atoms with E-state index < -0.39 is 0 Å². The molecule has 1 aromatic carbocycles. The fourth-order valence-electron chi connectivity index (χ4n) is 1.49. The van der Waals surface area contributed by atoms with E-state index in [2.05, 4.69) is 31.2 Å². The molecule has 0 aliphatic heterocycles. The van der Waals surface area contributed by atoms with Crippen LogP contribution in [-0.4, -0.2) is 19.8 Å². The summed E-state index contributed by atoms with van der Waals surface area (Å²) in [5.74, 6) is 0.784. The highest BCUT2D eigenvalue weighted by Gasteiger charge is 2.11. The van der Waals surface area contributed by atoms with Crippen LogP contribution in [0.4, 0.5) is 0 Å². The second-order valence-electron chi connectivity index (χ2n) is 3.35. The van der Waals surface area contributed by atoms with E-state index in [1.54, 1.807) is 4.52 Å². The van der Waals surface area contributed by atoms with Gasteiger partial charge in [0, 0.05) is 10.0 Å². The summed E-state index contributed by atoms with van der Waals surface area (Å²) in [6, 6.07) is 7.95. The monoisotopic (exact) mass is 294 g/mol. The molecule has 3 aromatic rings. The lowest BCUT2D eigenvalue weighted by Crippen LogP contribution is -1.90. The predicted molar refractivity (Wildman–Crippen MR) is 66.5 cm³/mol. The zero-order chi connectivity index (χ0) is 11.1. The summed E-state index contributed by atoms with van der Waals surface area (Å²) >= 11 is 4.95. The minimum atomic E-state index is 0.784. The normalized spacial score (nSPS) is 11.1. The van der Waals surface area contributed by atoms with Crippen LogP contribution >= 0.6 is 27.3 Å². The van der Waals surface area contributed by atoms with E-state index in [4.69, 9.17) is 0 Å². The van der Waals surface area contributed by atoms with Crippen LogP contribution in [0.1, 0.15) is 5.01 Å². The minimum Gasteiger partial charge on any atom is -0.183 e. The Kier molecular flexibility index (Phi) is 2.26. The molecule has 4 nitrogen and oxygen atoms in total. The fourth-order valence-corrected chi connectivity index (χ4v) is 2.44. The van der Waals surface area contributed by atoms with E-state index in [1.807, 2.05) is 31.2 Å². The molecule has 80 valence electrons. The molecule has 0 saturated heterocycles. The number of benzene rings is 1. The molecule has 16 heavy (non-hydrogen) atoms. The summed E-state index contributed by atoms with van der Waals surface area (Å²) in [4.78, 5) is 0.829. The third kappa shape index (κ3) is 1.54. The van der Waals surface area contributed by atoms with Crippen molar-refractivity contribution in [1.82, 2.24) is 19.8 Å². The standard InChI is InChI=1S/C10H7BrN4S/c1-6-14-15-9(12-13-10(15)16-6)7-2-4-8(11)5-3-7/h2-5H,1H3. The van der Waals surface area contributed by atoms with E-state index in [1.165, 1.54) is 11.3 Å². The van der Waals surface area contributed by atoms with Gasteiger partial charge >= 0.3 is 0 Å². The topological polar surface area (TPSA) is 43.1 Å². The summed E-state index contributed by atoms with van der Waals surface area (Å²) in [7, 11) is 0. The van der Waals surface area contributed by atoms with Crippen molar-refractivity contribution in [2.24, 2.45) is 0 Å². The molecule has 0 bridgehead atoms. The molecule has 0 amide bonds. The maximum Gasteiger partial charge on any atom is 0.234 e. The van der Waals surface area contributed by atoms with Gasteiger partial charge < -0.3 is 0 Å². The van der Waals surface area contributed by atoms with Crippen molar-refractivity contribution in [2.75, 3.05) is 0 Å². The third-order valence-electron chi connectivity index (χ3n) is 2.19. The van der Waals surface area contributed by atoms with Crippen molar-refractivity contribution in [3.8, 4) is 11.4 Å². The molecule has 0 saturated carbocycles. The first kappa shape index (κ1) is 9.92. The maximum absolute atomic E-state index is 4.37. The summed E-state index contributed by atoms with van der Waals surface area (Å²) in [6.45, 7) is 1.96. The molecule has 3 rings (SSSR count). The van der Waals surface area contributed by atoms with Gasteiger partial charge in [0.1, 0.15) is 5.01 Å². The van der Waals surface area contributed by atoms with Crippen molar-refractivity contribution in [3.63, 3.8) is 0 Å². The number of nitrogens with zero attached hydrogens (tertiary/aromatic N) is 4. The summed E-state index contributed by atoms with van der Waals surface area (Å²) in [6.07, 6.45) is 0. The first-order valence-corrected chi connectivity index (χ1v) is 6.30. The van der Waals surface area contributed by atoms with Crippen molar-refractivity contribution >= 4 is 32.2 Å². The van der Waals surface area contributed by atoms with E-state index in [-0.39, 0.29) is 0 Å². The Bertz CT molecular complexity index is 640. The highest BCUT2D eigenvalue weighted by Crippen LogP contribution is 2.22. The zero-order valence-corrected chi connectivity index (χ0v) is 10.8. The molecule has 0 radical (unpaired) electrons. The van der Waals surface area contributed by atoms with E-state index in [0.717, 1.165) is 25.8 Å². The molecule has 0 aliphatic rings. The van der Waals surface area contributed by atoms with E-state index in [9.17, 15) is 0 Å². The van der Waals surface area contributed by atoms with Gasteiger partial charge in [0.25, 0.3) is 0 Å². The molecule has 2 aromatic heterocycles. The Morgan fingerprint density at radius 1 is 1.19 bits per heavy atom. The smallest absolute Gasteiger partial charge is 0.183 e. The molecule has 0 spiro atoms. The number of aromatic nitrogens is 4. The van der Waals surface area contributed by atoms with Crippen LogP contribution in [0.2, 0.25) is 0 Å². The Balaban J connectivity index is 2.21. The Morgan fingerprint density at radius 2 is 1.94 bits per heavy atom. The lowest BCUT2D eigenvalue weighted by atomic mass is 10.2. The number of fused-ring (bicyclic) bond motifs is 1. The van der Waals surface area contributed by atoms with Crippen LogP contribution in [0.25, 0.3) is 16.3 Å². The van der Waals surface area contributed by atoms with Gasteiger partial charge in [0.2, 0.25) is 4.96 Å². The quantitative estimate of drug-likeness (QED) is 0.693. The average molecular weight is 295 g/mol. The predicted octanol–water partition coefficient (Wildman–Crippen LogP) is 2.92. The highest BCUT2D eigenvalue weighted by atomic mass is 79.9. The second kappa shape index (κ2) is 3.64. The van der Waals surface area contributed by atoms with Crippen molar-refractivity contribution < 1.29 is 0 Å². The highest BCUT2D eigenvalue weighted by molar-refractivity contribution is 9.10. The Hall–Kier alpha value is -1.27. The second-order valence-corrected chi connectivity index (χ2v) is 5.42. The maximum atomic E-state index is 4.37. The largest absolute Gasteiger partial charge is 0.234 e. The molecular weight excluding hydrogens is 288 g/mol. The van der Waals surface area contributed by atoms with Crippen LogP contribution in [-0.2, 0) is 0 Å². The summed E-state index contributed by atoms with van der Waals surface area (Å²) < 4.78 is 2.83. The molecule has 2 heterocycles. The molecule has 0 fully saturated rings. The number of hydrogen-bond donors (Lipinski definition) is 0. The lowest BCUT2D eigenvalue weighted by Gasteiger charge is -1.96. The van der Waals surface area contributed by atoms with Gasteiger partial charge in [0.05, 0.1) is 0 Å². The number of hydrogen-bond acceptors (Lipinski definition) is 4. The van der Waals surface area contributed by atoms with Gasteiger partial charge in [0.15, 0.2) is 5.82 Å². The molecule has 0 atom stereocenters. The van der Waals surface area contributed by atoms with Crippen LogP contribution < -0.4 is 0 Å². The number of halogens is 1. The lowest BCUT2D eigenvalue weighted by molar-refractivity contribution is 0.941. The van der Waals surface area contributed by atoms with Crippen LogP contribution in [0.3, 0.4) is 0 Å². The first-order chi connectivity index (χ1) is 7.74. The van der Waals surface area contributed by atoms with Gasteiger partial charge in [-0.3, -0.25) is 0 Å².